The van der Waals surface area contributed by atoms with Crippen LogP contribution in [0.25, 0.3) is 0 Å². The summed E-state index contributed by atoms with van der Waals surface area (Å²) in [5.74, 6) is 1.56. The number of aryl methyl sites for hydroxylation is 1. The average molecular weight is 256 g/mol. The van der Waals surface area contributed by atoms with Crippen molar-refractivity contribution in [2.75, 3.05) is 0 Å². The number of hydrogen-bond acceptors (Lipinski definition) is 3. The van der Waals surface area contributed by atoms with E-state index in [4.69, 9.17) is 10.5 Å². The number of hydrogen-bond donors (Lipinski definition) is 1. The van der Waals surface area contributed by atoms with Crippen LogP contribution < -0.4 is 10.5 Å². The molecule has 1 heterocycles. The Hall–Kier alpha value is -1.87. The molecule has 0 spiro atoms. The van der Waals surface area contributed by atoms with Gasteiger partial charge in [-0.1, -0.05) is 26.0 Å². The molecule has 0 bridgehead atoms. The van der Waals surface area contributed by atoms with Gasteiger partial charge in [0.15, 0.2) is 0 Å². The van der Waals surface area contributed by atoms with Crippen LogP contribution in [0.1, 0.15) is 37.6 Å². The molecule has 2 aromatic rings. The zero-order valence-electron chi connectivity index (χ0n) is 11.5. The molecule has 2 rings (SSSR count). The monoisotopic (exact) mass is 256 g/mol. The summed E-state index contributed by atoms with van der Waals surface area (Å²) in [6, 6.07) is 11.9. The molecule has 3 heteroatoms. The smallest absolute Gasteiger partial charge is 0.145 e. The summed E-state index contributed by atoms with van der Waals surface area (Å²) < 4.78 is 5.74. The van der Waals surface area contributed by atoms with E-state index in [2.05, 4.69) is 24.0 Å². The van der Waals surface area contributed by atoms with Gasteiger partial charge >= 0.3 is 0 Å². The summed E-state index contributed by atoms with van der Waals surface area (Å²) in [5.41, 5.74) is 8.13. The summed E-state index contributed by atoms with van der Waals surface area (Å²) in [5, 5.41) is 0. The van der Waals surface area contributed by atoms with E-state index in [0.29, 0.717) is 0 Å². The average Bonchev–Trinajstić information content (AvgIpc) is 2.48. The second kappa shape index (κ2) is 6.34. The zero-order chi connectivity index (χ0) is 13.7. The van der Waals surface area contributed by atoms with Crippen molar-refractivity contribution in [3.63, 3.8) is 0 Å². The molecular formula is C16H20N2O. The zero-order valence-corrected chi connectivity index (χ0v) is 11.5. The minimum atomic E-state index is -0.00196. The number of pyridine rings is 1. The number of aromatic nitrogens is 1. The summed E-state index contributed by atoms with van der Waals surface area (Å²) >= 11 is 0. The van der Waals surface area contributed by atoms with Crippen LogP contribution in [0.5, 0.6) is 11.5 Å². The maximum absolute atomic E-state index is 5.93. The SMILES string of the molecule is CCc1ccc(Oc2ccc([C@@H](N)CC)nc2)cc1. The van der Waals surface area contributed by atoms with Gasteiger partial charge in [0.2, 0.25) is 0 Å². The van der Waals surface area contributed by atoms with Crippen molar-refractivity contribution < 1.29 is 4.74 Å². The van der Waals surface area contributed by atoms with Crippen molar-refractivity contribution in [3.05, 3.63) is 53.9 Å². The fourth-order valence-electron chi connectivity index (χ4n) is 1.81. The van der Waals surface area contributed by atoms with Crippen LogP contribution in [0.2, 0.25) is 0 Å². The van der Waals surface area contributed by atoms with Crippen LogP contribution in [-0.4, -0.2) is 4.98 Å². The van der Waals surface area contributed by atoms with Gasteiger partial charge in [-0.15, -0.1) is 0 Å². The topological polar surface area (TPSA) is 48.1 Å². The number of nitrogens with zero attached hydrogens (tertiary/aromatic N) is 1. The summed E-state index contributed by atoms with van der Waals surface area (Å²) in [4.78, 5) is 4.33. The van der Waals surface area contributed by atoms with E-state index in [9.17, 15) is 0 Å². The molecule has 1 aromatic heterocycles. The van der Waals surface area contributed by atoms with Gasteiger partial charge in [-0.3, -0.25) is 4.98 Å². The first kappa shape index (κ1) is 13.6. The first-order chi connectivity index (χ1) is 9.22. The Kier molecular flexibility index (Phi) is 4.53. The Balaban J connectivity index is 2.06. The molecule has 1 aromatic carbocycles. The van der Waals surface area contributed by atoms with Gasteiger partial charge in [-0.25, -0.2) is 0 Å². The van der Waals surface area contributed by atoms with E-state index < -0.39 is 0 Å². The Morgan fingerprint density at radius 2 is 1.74 bits per heavy atom. The van der Waals surface area contributed by atoms with Crippen molar-refractivity contribution >= 4 is 0 Å². The number of ether oxygens (including phenoxy) is 1. The molecule has 0 fully saturated rings. The van der Waals surface area contributed by atoms with Crippen molar-refractivity contribution in [2.45, 2.75) is 32.7 Å². The molecule has 0 radical (unpaired) electrons. The second-order valence-electron chi connectivity index (χ2n) is 4.53. The lowest BCUT2D eigenvalue weighted by atomic mass is 10.1. The first-order valence-corrected chi connectivity index (χ1v) is 6.71. The Labute approximate surface area is 114 Å². The molecule has 0 saturated carbocycles. The van der Waals surface area contributed by atoms with Gasteiger partial charge in [-0.2, -0.15) is 0 Å². The normalized spacial score (nSPS) is 12.2. The van der Waals surface area contributed by atoms with Crippen LogP contribution in [0.4, 0.5) is 0 Å². The molecule has 2 N–H and O–H groups in total. The van der Waals surface area contributed by atoms with Gasteiger partial charge in [0.1, 0.15) is 11.5 Å². The van der Waals surface area contributed by atoms with Crippen molar-refractivity contribution in [1.82, 2.24) is 4.98 Å². The number of rotatable bonds is 5. The van der Waals surface area contributed by atoms with Gasteiger partial charge in [0, 0.05) is 6.04 Å². The van der Waals surface area contributed by atoms with Gasteiger partial charge < -0.3 is 10.5 Å². The minimum Gasteiger partial charge on any atom is -0.456 e. The molecule has 1 atom stereocenters. The highest BCUT2D eigenvalue weighted by atomic mass is 16.5. The predicted molar refractivity (Wildman–Crippen MR) is 77.4 cm³/mol. The lowest BCUT2D eigenvalue weighted by Gasteiger charge is -2.10. The van der Waals surface area contributed by atoms with Crippen molar-refractivity contribution in [1.29, 1.82) is 0 Å². The third kappa shape index (κ3) is 3.55. The largest absolute Gasteiger partial charge is 0.456 e. The third-order valence-electron chi connectivity index (χ3n) is 3.15. The first-order valence-electron chi connectivity index (χ1n) is 6.71. The van der Waals surface area contributed by atoms with Crippen molar-refractivity contribution in [2.24, 2.45) is 5.73 Å². The van der Waals surface area contributed by atoms with E-state index in [-0.39, 0.29) is 6.04 Å². The molecular weight excluding hydrogens is 236 g/mol. The standard InChI is InChI=1S/C16H20N2O/c1-3-12-5-7-13(8-6-12)19-14-9-10-16(18-11-14)15(17)4-2/h5-11,15H,3-4,17H2,1-2H3/t15-/m0/s1. The van der Waals surface area contributed by atoms with E-state index in [0.717, 1.165) is 30.0 Å². The Bertz CT molecular complexity index is 505. The van der Waals surface area contributed by atoms with E-state index in [1.165, 1.54) is 5.56 Å². The third-order valence-corrected chi connectivity index (χ3v) is 3.15. The highest BCUT2D eigenvalue weighted by Gasteiger charge is 2.05. The number of nitrogens with two attached hydrogens (primary N) is 1. The maximum atomic E-state index is 5.93. The van der Waals surface area contributed by atoms with Crippen LogP contribution >= 0.6 is 0 Å². The van der Waals surface area contributed by atoms with Crippen LogP contribution in [0, 0.1) is 0 Å². The van der Waals surface area contributed by atoms with Gasteiger partial charge in [0.05, 0.1) is 11.9 Å². The lowest BCUT2D eigenvalue weighted by molar-refractivity contribution is 0.478. The highest BCUT2D eigenvalue weighted by molar-refractivity contribution is 5.32. The molecule has 0 amide bonds. The van der Waals surface area contributed by atoms with Crippen LogP contribution in [0.15, 0.2) is 42.6 Å². The quantitative estimate of drug-likeness (QED) is 0.884. The van der Waals surface area contributed by atoms with Crippen LogP contribution in [-0.2, 0) is 6.42 Å². The highest BCUT2D eigenvalue weighted by Crippen LogP contribution is 2.22. The maximum Gasteiger partial charge on any atom is 0.145 e. The Morgan fingerprint density at radius 1 is 1.05 bits per heavy atom. The molecule has 19 heavy (non-hydrogen) atoms. The van der Waals surface area contributed by atoms with Gasteiger partial charge in [0.25, 0.3) is 0 Å². The molecule has 100 valence electrons. The Morgan fingerprint density at radius 3 is 2.26 bits per heavy atom. The fourth-order valence-corrected chi connectivity index (χ4v) is 1.81. The number of benzene rings is 1. The molecule has 0 aliphatic carbocycles. The fraction of sp³-hybridized carbons (Fsp3) is 0.312. The molecule has 0 saturated heterocycles. The summed E-state index contributed by atoms with van der Waals surface area (Å²) in [6.45, 7) is 4.18. The molecule has 0 aliphatic heterocycles. The van der Waals surface area contributed by atoms with Crippen molar-refractivity contribution in [3.8, 4) is 11.5 Å². The summed E-state index contributed by atoms with van der Waals surface area (Å²) in [7, 11) is 0. The van der Waals surface area contributed by atoms with E-state index >= 15 is 0 Å². The lowest BCUT2D eigenvalue weighted by Crippen LogP contribution is -2.10. The van der Waals surface area contributed by atoms with Gasteiger partial charge in [-0.05, 0) is 42.7 Å². The van der Waals surface area contributed by atoms with E-state index in [1.807, 2.05) is 31.2 Å². The molecule has 3 nitrogen and oxygen atoms in total. The second-order valence-corrected chi connectivity index (χ2v) is 4.53. The molecule has 0 aliphatic rings. The molecule has 0 unspecified atom stereocenters. The van der Waals surface area contributed by atoms with E-state index in [1.54, 1.807) is 6.20 Å². The van der Waals surface area contributed by atoms with Crippen LogP contribution in [0.3, 0.4) is 0 Å². The minimum absolute atomic E-state index is 0.00196. The predicted octanol–water partition coefficient (Wildman–Crippen LogP) is 3.85. The summed E-state index contributed by atoms with van der Waals surface area (Å²) in [6.07, 6.45) is 3.63.